The molecule has 0 spiro atoms. The van der Waals surface area contributed by atoms with E-state index >= 15 is 0 Å². The van der Waals surface area contributed by atoms with Crippen molar-refractivity contribution in [2.45, 2.75) is 45.6 Å². The van der Waals surface area contributed by atoms with Crippen molar-refractivity contribution < 1.29 is 9.72 Å². The molecular weight excluding hydrogens is 466 g/mol. The van der Waals surface area contributed by atoms with Gasteiger partial charge in [0.25, 0.3) is 0 Å². The molecule has 0 aromatic heterocycles. The minimum Gasteiger partial charge on any atom is -0.387 e. The monoisotopic (exact) mass is 501 g/mol. The van der Waals surface area contributed by atoms with Gasteiger partial charge in [-0.1, -0.05) is 56.8 Å². The summed E-state index contributed by atoms with van der Waals surface area (Å²) in [7, 11) is 0. The molecule has 2 aromatic carbocycles. The molecule has 2 aliphatic heterocycles. The SMILES string of the molecule is C=C(c1ccc(-c2ccc3c(c2)N=C(N)CC(C(=O)N(CCC)CCC)=C3)cc1)N1CC[C@@H]([N+](=O)[O-])C1. The molecule has 4 rings (SSSR count). The summed E-state index contributed by atoms with van der Waals surface area (Å²) < 4.78 is 0. The van der Waals surface area contributed by atoms with Crippen LogP contribution in [0.25, 0.3) is 22.9 Å². The van der Waals surface area contributed by atoms with E-state index in [9.17, 15) is 14.9 Å². The number of carbonyl (C=O) groups is 1. The molecule has 8 nitrogen and oxygen atoms in total. The van der Waals surface area contributed by atoms with E-state index in [-0.39, 0.29) is 10.8 Å². The molecule has 194 valence electrons. The number of nitrogens with two attached hydrogens (primary N) is 1. The molecule has 0 saturated carbocycles. The normalized spacial score (nSPS) is 16.9. The minimum atomic E-state index is -0.533. The van der Waals surface area contributed by atoms with E-state index in [1.54, 1.807) is 0 Å². The van der Waals surface area contributed by atoms with Crippen LogP contribution in [-0.2, 0) is 4.79 Å². The fraction of sp³-hybridized carbons (Fsp3) is 0.379. The first-order chi connectivity index (χ1) is 17.8. The Morgan fingerprint density at radius 1 is 1.16 bits per heavy atom. The van der Waals surface area contributed by atoms with Gasteiger partial charge in [-0.2, -0.15) is 0 Å². The van der Waals surface area contributed by atoms with Gasteiger partial charge in [-0.3, -0.25) is 14.9 Å². The summed E-state index contributed by atoms with van der Waals surface area (Å²) in [6.07, 6.45) is 4.61. The zero-order chi connectivity index (χ0) is 26.5. The highest BCUT2D eigenvalue weighted by atomic mass is 16.6. The van der Waals surface area contributed by atoms with Crippen molar-refractivity contribution in [2.75, 3.05) is 26.2 Å². The Kier molecular flexibility index (Phi) is 8.06. The summed E-state index contributed by atoms with van der Waals surface area (Å²) in [6.45, 7) is 10.8. The minimum absolute atomic E-state index is 0.0251. The molecule has 2 aliphatic rings. The molecule has 1 fully saturated rings. The zero-order valence-corrected chi connectivity index (χ0v) is 21.7. The van der Waals surface area contributed by atoms with Gasteiger partial charge in [0.2, 0.25) is 11.9 Å². The van der Waals surface area contributed by atoms with E-state index in [2.05, 4.69) is 25.4 Å². The third kappa shape index (κ3) is 5.90. The van der Waals surface area contributed by atoms with Gasteiger partial charge in [-0.25, -0.2) is 4.99 Å². The quantitative estimate of drug-likeness (QED) is 0.380. The third-order valence-corrected chi connectivity index (χ3v) is 6.94. The number of hydrogen-bond acceptors (Lipinski definition) is 6. The van der Waals surface area contributed by atoms with Crippen molar-refractivity contribution in [3.63, 3.8) is 0 Å². The number of carbonyl (C=O) groups excluding carboxylic acids is 1. The molecule has 1 saturated heterocycles. The summed E-state index contributed by atoms with van der Waals surface area (Å²) in [6, 6.07) is 13.5. The van der Waals surface area contributed by atoms with E-state index in [0.29, 0.717) is 37.3 Å². The predicted octanol–water partition coefficient (Wildman–Crippen LogP) is 5.10. The lowest BCUT2D eigenvalue weighted by atomic mass is 9.99. The lowest BCUT2D eigenvalue weighted by molar-refractivity contribution is -0.517. The first kappa shape index (κ1) is 26.1. The van der Waals surface area contributed by atoms with E-state index in [1.165, 1.54) is 0 Å². The van der Waals surface area contributed by atoms with Gasteiger partial charge < -0.3 is 15.5 Å². The van der Waals surface area contributed by atoms with Crippen LogP contribution >= 0.6 is 0 Å². The van der Waals surface area contributed by atoms with E-state index < -0.39 is 6.04 Å². The van der Waals surface area contributed by atoms with Gasteiger partial charge in [0.1, 0.15) is 5.84 Å². The van der Waals surface area contributed by atoms with Crippen molar-refractivity contribution in [2.24, 2.45) is 10.7 Å². The number of likely N-dealkylation sites (tertiary alicyclic amines) is 1. The van der Waals surface area contributed by atoms with E-state index in [4.69, 9.17) is 5.73 Å². The van der Waals surface area contributed by atoms with Gasteiger partial charge in [0.15, 0.2) is 0 Å². The van der Waals surface area contributed by atoms with Crippen molar-refractivity contribution in [1.29, 1.82) is 0 Å². The number of aliphatic imine (C=N–C) groups is 1. The molecule has 0 bridgehead atoms. The van der Waals surface area contributed by atoms with Gasteiger partial charge in [0.05, 0.1) is 12.2 Å². The Bertz CT molecular complexity index is 1240. The van der Waals surface area contributed by atoms with Crippen LogP contribution in [0, 0.1) is 10.1 Å². The average molecular weight is 502 g/mol. The second-order valence-corrected chi connectivity index (χ2v) is 9.71. The van der Waals surface area contributed by atoms with E-state index in [0.717, 1.165) is 59.6 Å². The number of hydrogen-bond donors (Lipinski definition) is 1. The fourth-order valence-corrected chi connectivity index (χ4v) is 4.96. The van der Waals surface area contributed by atoms with Crippen molar-refractivity contribution in [3.05, 3.63) is 75.9 Å². The standard InChI is InChI=1S/C29H35N5O3/c1-4-13-32(14-5-2)29(35)25-16-24-11-10-23(17-27(24)31-28(30)18-25)22-8-6-21(7-9-22)20(3)33-15-12-26(19-33)34(36)37/h6-11,16-17,26H,3-5,12-15,18-19H2,1-2H3,(H2,30,31)/t26-/m1/s1. The van der Waals surface area contributed by atoms with Crippen molar-refractivity contribution in [1.82, 2.24) is 9.80 Å². The lowest BCUT2D eigenvalue weighted by Gasteiger charge is -2.22. The molecule has 2 heterocycles. The van der Waals surface area contributed by atoms with Crippen LogP contribution in [0.5, 0.6) is 0 Å². The Balaban J connectivity index is 1.54. The van der Waals surface area contributed by atoms with Crippen molar-refractivity contribution >= 4 is 29.2 Å². The number of nitro groups is 1. The van der Waals surface area contributed by atoms with Gasteiger partial charge in [0, 0.05) is 54.2 Å². The second-order valence-electron chi connectivity index (χ2n) is 9.71. The zero-order valence-electron chi connectivity index (χ0n) is 21.7. The Labute approximate surface area is 218 Å². The van der Waals surface area contributed by atoms with Gasteiger partial charge >= 0.3 is 0 Å². The summed E-state index contributed by atoms with van der Waals surface area (Å²) in [4.78, 5) is 32.6. The molecule has 8 heteroatoms. The summed E-state index contributed by atoms with van der Waals surface area (Å²) in [5.74, 6) is 0.450. The molecule has 0 unspecified atom stereocenters. The largest absolute Gasteiger partial charge is 0.387 e. The number of amidine groups is 1. The van der Waals surface area contributed by atoms with Crippen LogP contribution in [0.15, 0.2) is 59.6 Å². The highest BCUT2D eigenvalue weighted by Gasteiger charge is 2.31. The highest BCUT2D eigenvalue weighted by molar-refractivity contribution is 6.05. The summed E-state index contributed by atoms with van der Waals surface area (Å²) >= 11 is 0. The Morgan fingerprint density at radius 3 is 2.46 bits per heavy atom. The Morgan fingerprint density at radius 2 is 1.84 bits per heavy atom. The first-order valence-corrected chi connectivity index (χ1v) is 13.0. The van der Waals surface area contributed by atoms with Crippen LogP contribution in [0.3, 0.4) is 0 Å². The maximum Gasteiger partial charge on any atom is 0.250 e. The fourth-order valence-electron chi connectivity index (χ4n) is 4.96. The number of amides is 1. The number of fused-ring (bicyclic) bond motifs is 1. The molecule has 2 N–H and O–H groups in total. The molecular formula is C29H35N5O3. The maximum absolute atomic E-state index is 13.2. The smallest absolute Gasteiger partial charge is 0.250 e. The molecule has 0 aliphatic carbocycles. The van der Waals surface area contributed by atoms with Crippen LogP contribution in [0.2, 0.25) is 0 Å². The topological polar surface area (TPSA) is 105 Å². The third-order valence-electron chi connectivity index (χ3n) is 6.94. The lowest BCUT2D eigenvalue weighted by Crippen LogP contribution is -2.34. The first-order valence-electron chi connectivity index (χ1n) is 13.0. The van der Waals surface area contributed by atoms with E-state index in [1.807, 2.05) is 58.3 Å². The van der Waals surface area contributed by atoms with Gasteiger partial charge in [-0.05, 0) is 41.7 Å². The predicted molar refractivity (Wildman–Crippen MR) is 149 cm³/mol. The number of rotatable bonds is 9. The molecule has 37 heavy (non-hydrogen) atoms. The number of benzene rings is 2. The van der Waals surface area contributed by atoms with Crippen LogP contribution < -0.4 is 5.73 Å². The highest BCUT2D eigenvalue weighted by Crippen LogP contribution is 2.33. The van der Waals surface area contributed by atoms with Crippen LogP contribution in [0.1, 0.15) is 50.7 Å². The van der Waals surface area contributed by atoms with Crippen molar-refractivity contribution in [3.8, 4) is 11.1 Å². The van der Waals surface area contributed by atoms with Crippen LogP contribution in [0.4, 0.5) is 5.69 Å². The summed E-state index contributed by atoms with van der Waals surface area (Å²) in [5.41, 5.74) is 12.3. The Hall–Kier alpha value is -3.94. The summed E-state index contributed by atoms with van der Waals surface area (Å²) in [5, 5.41) is 11.1. The molecule has 2 aromatic rings. The second kappa shape index (κ2) is 11.4. The maximum atomic E-state index is 13.2. The average Bonchev–Trinajstić information content (AvgIpc) is 3.32. The molecule has 1 atom stereocenters. The molecule has 1 amide bonds. The van der Waals surface area contributed by atoms with Crippen LogP contribution in [-0.4, -0.2) is 58.7 Å². The number of nitrogens with zero attached hydrogens (tertiary/aromatic N) is 4. The molecule has 0 radical (unpaired) electrons. The van der Waals surface area contributed by atoms with Gasteiger partial charge in [-0.15, -0.1) is 0 Å².